The number of anilines is 1. The molecule has 0 bridgehead atoms. The van der Waals surface area contributed by atoms with Gasteiger partial charge in [-0.3, -0.25) is 4.79 Å². The molecular weight excluding hydrogens is 352 g/mol. The molecule has 0 aliphatic rings. The van der Waals surface area contributed by atoms with E-state index in [0.717, 1.165) is 21.1 Å². The van der Waals surface area contributed by atoms with Gasteiger partial charge in [-0.15, -0.1) is 0 Å². The molecule has 0 aliphatic heterocycles. The molecule has 1 N–H and O–H groups in total. The number of nitrogens with zero attached hydrogens (tertiary/aromatic N) is 1. The zero-order chi connectivity index (χ0) is 14.8. The van der Waals surface area contributed by atoms with Gasteiger partial charge in [-0.1, -0.05) is 39.7 Å². The Morgan fingerprint density at radius 1 is 1.19 bits per heavy atom. The highest BCUT2D eigenvalue weighted by atomic mass is 79.9. The molecule has 1 heterocycles. The topological polar surface area (TPSA) is 34.0 Å². The highest BCUT2D eigenvalue weighted by Crippen LogP contribution is 2.24. The van der Waals surface area contributed by atoms with Gasteiger partial charge in [0, 0.05) is 32.3 Å². The summed E-state index contributed by atoms with van der Waals surface area (Å²) < 4.78 is 2.81. The summed E-state index contributed by atoms with van der Waals surface area (Å²) in [6.45, 7) is 0.246. The number of rotatable bonds is 3. The van der Waals surface area contributed by atoms with Crippen molar-refractivity contribution in [2.75, 3.05) is 5.32 Å². The van der Waals surface area contributed by atoms with Gasteiger partial charge in [0.1, 0.15) is 6.54 Å². The number of benzene rings is 2. The Bertz CT molecular complexity index is 813. The van der Waals surface area contributed by atoms with Crippen LogP contribution in [0.1, 0.15) is 0 Å². The maximum atomic E-state index is 12.1. The molecule has 0 saturated carbocycles. The number of carbonyl (C=O) groups excluding carboxylic acids is 1. The zero-order valence-corrected chi connectivity index (χ0v) is 13.4. The maximum absolute atomic E-state index is 12.1. The molecule has 3 aromatic rings. The summed E-state index contributed by atoms with van der Waals surface area (Å²) in [6.07, 6.45) is 1.87. The van der Waals surface area contributed by atoms with Gasteiger partial charge in [-0.2, -0.15) is 0 Å². The number of hydrogen-bond donors (Lipinski definition) is 1. The van der Waals surface area contributed by atoms with Gasteiger partial charge in [0.2, 0.25) is 5.91 Å². The minimum absolute atomic E-state index is 0.0782. The van der Waals surface area contributed by atoms with Crippen LogP contribution in [0.4, 0.5) is 5.69 Å². The molecule has 2 aromatic carbocycles. The van der Waals surface area contributed by atoms with Crippen LogP contribution in [-0.4, -0.2) is 10.5 Å². The zero-order valence-electron chi connectivity index (χ0n) is 11.0. The first-order valence-electron chi connectivity index (χ1n) is 6.42. The molecule has 5 heteroatoms. The second-order valence-corrected chi connectivity index (χ2v) is 6.00. The van der Waals surface area contributed by atoms with E-state index in [1.807, 2.05) is 59.3 Å². The standard InChI is InChI=1S/C16H12BrClN2O/c17-11-3-1-4-12(9-11)19-16(21)10-20-8-7-13-14(18)5-2-6-15(13)20/h1-9H,10H2,(H,19,21). The Morgan fingerprint density at radius 2 is 2.00 bits per heavy atom. The molecule has 0 aliphatic carbocycles. The van der Waals surface area contributed by atoms with E-state index in [4.69, 9.17) is 11.6 Å². The number of hydrogen-bond acceptors (Lipinski definition) is 1. The monoisotopic (exact) mass is 362 g/mol. The van der Waals surface area contributed by atoms with Crippen molar-refractivity contribution in [1.29, 1.82) is 0 Å². The van der Waals surface area contributed by atoms with Crippen LogP contribution in [-0.2, 0) is 11.3 Å². The molecule has 3 nitrogen and oxygen atoms in total. The molecular formula is C16H12BrClN2O. The molecule has 0 fully saturated rings. The maximum Gasteiger partial charge on any atom is 0.244 e. The molecule has 1 amide bonds. The van der Waals surface area contributed by atoms with Crippen LogP contribution < -0.4 is 5.32 Å². The minimum atomic E-state index is -0.0782. The fourth-order valence-electron chi connectivity index (χ4n) is 2.25. The van der Waals surface area contributed by atoms with Crippen molar-refractivity contribution in [2.45, 2.75) is 6.54 Å². The third kappa shape index (κ3) is 3.12. The predicted octanol–water partition coefficient (Wildman–Crippen LogP) is 4.70. The van der Waals surface area contributed by atoms with Crippen molar-refractivity contribution in [3.8, 4) is 0 Å². The van der Waals surface area contributed by atoms with E-state index >= 15 is 0 Å². The van der Waals surface area contributed by atoms with E-state index in [1.54, 1.807) is 0 Å². The third-order valence-corrected chi connectivity index (χ3v) is 4.01. The van der Waals surface area contributed by atoms with Crippen LogP contribution in [0.2, 0.25) is 5.02 Å². The largest absolute Gasteiger partial charge is 0.338 e. The summed E-state index contributed by atoms with van der Waals surface area (Å²) in [6, 6.07) is 15.1. The Morgan fingerprint density at radius 3 is 2.81 bits per heavy atom. The Kier molecular flexibility index (Phi) is 3.99. The molecule has 106 valence electrons. The molecule has 1 aromatic heterocycles. The molecule has 3 rings (SSSR count). The summed E-state index contributed by atoms with van der Waals surface area (Å²) in [5.41, 5.74) is 1.72. The first-order chi connectivity index (χ1) is 10.1. The van der Waals surface area contributed by atoms with Crippen LogP contribution in [0.5, 0.6) is 0 Å². The number of fused-ring (bicyclic) bond motifs is 1. The summed E-state index contributed by atoms with van der Waals surface area (Å²) >= 11 is 9.52. The van der Waals surface area contributed by atoms with Crippen molar-refractivity contribution in [3.63, 3.8) is 0 Å². The smallest absolute Gasteiger partial charge is 0.244 e. The molecule has 21 heavy (non-hydrogen) atoms. The van der Waals surface area contributed by atoms with Crippen molar-refractivity contribution in [2.24, 2.45) is 0 Å². The van der Waals surface area contributed by atoms with Gasteiger partial charge in [0.25, 0.3) is 0 Å². The Hall–Kier alpha value is -1.78. The van der Waals surface area contributed by atoms with Crippen LogP contribution in [0.25, 0.3) is 10.9 Å². The van der Waals surface area contributed by atoms with Crippen LogP contribution in [0, 0.1) is 0 Å². The van der Waals surface area contributed by atoms with Crippen molar-refractivity contribution in [3.05, 3.63) is 64.2 Å². The summed E-state index contributed by atoms with van der Waals surface area (Å²) in [5.74, 6) is -0.0782. The lowest BCUT2D eigenvalue weighted by Crippen LogP contribution is -2.18. The van der Waals surface area contributed by atoms with Crippen molar-refractivity contribution in [1.82, 2.24) is 4.57 Å². The van der Waals surface area contributed by atoms with Crippen LogP contribution in [0.3, 0.4) is 0 Å². The normalized spacial score (nSPS) is 10.8. The van der Waals surface area contributed by atoms with Gasteiger partial charge in [-0.05, 0) is 36.4 Å². The molecule has 0 atom stereocenters. The average molecular weight is 364 g/mol. The third-order valence-electron chi connectivity index (χ3n) is 3.18. The lowest BCUT2D eigenvalue weighted by Gasteiger charge is -2.08. The lowest BCUT2D eigenvalue weighted by molar-refractivity contribution is -0.116. The second-order valence-electron chi connectivity index (χ2n) is 4.67. The summed E-state index contributed by atoms with van der Waals surface area (Å²) in [4.78, 5) is 12.1. The predicted molar refractivity (Wildman–Crippen MR) is 89.7 cm³/mol. The number of nitrogens with one attached hydrogen (secondary N) is 1. The number of aromatic nitrogens is 1. The molecule has 0 spiro atoms. The Labute approximate surface area is 135 Å². The lowest BCUT2D eigenvalue weighted by atomic mass is 10.2. The highest BCUT2D eigenvalue weighted by molar-refractivity contribution is 9.10. The molecule has 0 saturated heterocycles. The van der Waals surface area contributed by atoms with Gasteiger partial charge in [0.05, 0.1) is 0 Å². The average Bonchev–Trinajstić information content (AvgIpc) is 2.83. The number of halogens is 2. The molecule has 0 radical (unpaired) electrons. The summed E-state index contributed by atoms with van der Waals surface area (Å²) in [7, 11) is 0. The number of carbonyl (C=O) groups is 1. The van der Waals surface area contributed by atoms with Gasteiger partial charge >= 0.3 is 0 Å². The fourth-order valence-corrected chi connectivity index (χ4v) is 2.88. The van der Waals surface area contributed by atoms with E-state index in [0.29, 0.717) is 5.02 Å². The van der Waals surface area contributed by atoms with Crippen LogP contribution >= 0.6 is 27.5 Å². The quantitative estimate of drug-likeness (QED) is 0.719. The van der Waals surface area contributed by atoms with E-state index in [-0.39, 0.29) is 12.5 Å². The van der Waals surface area contributed by atoms with Crippen LogP contribution in [0.15, 0.2) is 59.2 Å². The van der Waals surface area contributed by atoms with E-state index < -0.39 is 0 Å². The van der Waals surface area contributed by atoms with E-state index in [1.165, 1.54) is 0 Å². The van der Waals surface area contributed by atoms with E-state index in [2.05, 4.69) is 21.2 Å². The minimum Gasteiger partial charge on any atom is -0.338 e. The van der Waals surface area contributed by atoms with Gasteiger partial charge in [0.15, 0.2) is 0 Å². The first kappa shape index (κ1) is 14.2. The van der Waals surface area contributed by atoms with Gasteiger partial charge in [-0.25, -0.2) is 0 Å². The van der Waals surface area contributed by atoms with Crippen molar-refractivity contribution >= 4 is 50.0 Å². The first-order valence-corrected chi connectivity index (χ1v) is 7.59. The SMILES string of the molecule is O=C(Cn1ccc2c(Cl)cccc21)Nc1cccc(Br)c1. The Balaban J connectivity index is 1.79. The fraction of sp³-hybridized carbons (Fsp3) is 0.0625. The number of amides is 1. The van der Waals surface area contributed by atoms with E-state index in [9.17, 15) is 4.79 Å². The summed E-state index contributed by atoms with van der Waals surface area (Å²) in [5, 5.41) is 4.52. The highest BCUT2D eigenvalue weighted by Gasteiger charge is 2.08. The molecule has 0 unspecified atom stereocenters. The second kappa shape index (κ2) is 5.92. The van der Waals surface area contributed by atoms with Gasteiger partial charge < -0.3 is 9.88 Å². The van der Waals surface area contributed by atoms with Crippen molar-refractivity contribution < 1.29 is 4.79 Å².